The van der Waals surface area contributed by atoms with Crippen LogP contribution in [0.4, 0.5) is 0 Å². The number of hydrogen-bond donors (Lipinski definition) is 0. The molecule has 0 N–H and O–H groups in total. The third-order valence-corrected chi connectivity index (χ3v) is 6.13. The van der Waals surface area contributed by atoms with Crippen LogP contribution in [0.25, 0.3) is 0 Å². The molecule has 2 fully saturated rings. The first-order valence-electron chi connectivity index (χ1n) is 9.75. The number of nitrogens with zero attached hydrogens (tertiary/aromatic N) is 2. The lowest BCUT2D eigenvalue weighted by molar-refractivity contribution is -0.0947. The van der Waals surface area contributed by atoms with Gasteiger partial charge in [0.25, 0.3) is 0 Å². The van der Waals surface area contributed by atoms with Crippen LogP contribution in [-0.4, -0.2) is 75.6 Å². The third kappa shape index (κ3) is 4.22. The number of hydrogen-bond acceptors (Lipinski definition) is 5. The van der Waals surface area contributed by atoms with Crippen molar-refractivity contribution in [2.75, 3.05) is 48.0 Å². The van der Waals surface area contributed by atoms with Gasteiger partial charge in [-0.2, -0.15) is 0 Å². The fraction of sp³-hybridized carbons (Fsp3) is 0.714. The first-order chi connectivity index (χ1) is 12.6. The Hall–Kier alpha value is -1.14. The molecule has 1 aromatic rings. The lowest BCUT2D eigenvalue weighted by Crippen LogP contribution is -2.51. The second kappa shape index (κ2) is 8.70. The Kier molecular flexibility index (Phi) is 6.56. The fourth-order valence-electron chi connectivity index (χ4n) is 4.49. The fourth-order valence-corrected chi connectivity index (χ4v) is 4.49. The molecule has 1 saturated carbocycles. The molecule has 0 unspecified atom stereocenters. The van der Waals surface area contributed by atoms with Gasteiger partial charge in [0.2, 0.25) is 0 Å². The van der Waals surface area contributed by atoms with E-state index in [0.717, 1.165) is 51.1 Å². The average molecular weight is 363 g/mol. The molecule has 146 valence electrons. The van der Waals surface area contributed by atoms with Gasteiger partial charge < -0.3 is 19.1 Å². The van der Waals surface area contributed by atoms with E-state index in [-0.39, 0.29) is 5.60 Å². The van der Waals surface area contributed by atoms with Gasteiger partial charge in [-0.25, -0.2) is 0 Å². The van der Waals surface area contributed by atoms with Crippen LogP contribution >= 0.6 is 0 Å². The molecule has 0 amide bonds. The molecule has 5 heteroatoms. The third-order valence-electron chi connectivity index (χ3n) is 6.13. The molecule has 1 aromatic carbocycles. The summed E-state index contributed by atoms with van der Waals surface area (Å²) < 4.78 is 17.8. The Morgan fingerprint density at radius 2 is 2.00 bits per heavy atom. The maximum absolute atomic E-state index is 6.06. The summed E-state index contributed by atoms with van der Waals surface area (Å²) in [6.07, 6.45) is 4.68. The minimum atomic E-state index is -0.00421. The lowest BCUT2D eigenvalue weighted by atomic mass is 9.79. The van der Waals surface area contributed by atoms with Crippen molar-refractivity contribution in [2.24, 2.45) is 0 Å². The van der Waals surface area contributed by atoms with Crippen LogP contribution in [0.5, 0.6) is 5.75 Å². The summed E-state index contributed by atoms with van der Waals surface area (Å²) in [6, 6.07) is 8.85. The summed E-state index contributed by atoms with van der Waals surface area (Å²) in [5.74, 6) is 1.00. The van der Waals surface area contributed by atoms with Crippen molar-refractivity contribution >= 4 is 0 Å². The number of benzene rings is 1. The van der Waals surface area contributed by atoms with Crippen molar-refractivity contribution in [3.63, 3.8) is 0 Å². The minimum Gasteiger partial charge on any atom is -0.492 e. The van der Waals surface area contributed by atoms with Gasteiger partial charge in [0, 0.05) is 45.5 Å². The average Bonchev–Trinajstić information content (AvgIpc) is 3.01. The molecule has 1 aliphatic carbocycles. The summed E-state index contributed by atoms with van der Waals surface area (Å²) in [7, 11) is 7.85. The summed E-state index contributed by atoms with van der Waals surface area (Å²) in [4.78, 5) is 4.71. The van der Waals surface area contributed by atoms with Crippen molar-refractivity contribution in [3.05, 3.63) is 29.8 Å². The van der Waals surface area contributed by atoms with Crippen LogP contribution in [-0.2, 0) is 16.0 Å². The molecule has 1 heterocycles. The molecule has 0 spiro atoms. The van der Waals surface area contributed by atoms with E-state index in [1.54, 1.807) is 0 Å². The van der Waals surface area contributed by atoms with E-state index < -0.39 is 0 Å². The van der Waals surface area contributed by atoms with E-state index in [0.29, 0.717) is 18.8 Å². The highest BCUT2D eigenvalue weighted by Gasteiger charge is 2.51. The molecule has 0 aromatic heterocycles. The molecule has 1 saturated heterocycles. The second-order valence-corrected chi connectivity index (χ2v) is 7.90. The van der Waals surface area contributed by atoms with Gasteiger partial charge in [0.05, 0.1) is 11.7 Å². The van der Waals surface area contributed by atoms with E-state index in [2.05, 4.69) is 48.2 Å². The van der Waals surface area contributed by atoms with Crippen LogP contribution in [0.2, 0.25) is 0 Å². The molecule has 3 atom stereocenters. The summed E-state index contributed by atoms with van der Waals surface area (Å²) in [5.41, 5.74) is 1.26. The molecule has 0 bridgehead atoms. The lowest BCUT2D eigenvalue weighted by Gasteiger charge is -2.43. The number of fused-ring (bicyclic) bond motifs is 1. The van der Waals surface area contributed by atoms with Crippen LogP contribution in [0, 0.1) is 0 Å². The van der Waals surface area contributed by atoms with Gasteiger partial charge in [0.1, 0.15) is 12.4 Å². The highest BCUT2D eigenvalue weighted by Crippen LogP contribution is 2.43. The Morgan fingerprint density at radius 1 is 1.19 bits per heavy atom. The van der Waals surface area contributed by atoms with Gasteiger partial charge in [-0.05, 0) is 45.8 Å². The zero-order chi connectivity index (χ0) is 18.6. The van der Waals surface area contributed by atoms with Gasteiger partial charge in [-0.3, -0.25) is 4.90 Å². The van der Waals surface area contributed by atoms with Crippen LogP contribution < -0.4 is 4.74 Å². The highest BCUT2D eigenvalue weighted by atomic mass is 16.5. The molecule has 26 heavy (non-hydrogen) atoms. The Balaban J connectivity index is 1.70. The monoisotopic (exact) mass is 362 g/mol. The first kappa shape index (κ1) is 19.6. The smallest absolute Gasteiger partial charge is 0.123 e. The number of likely N-dealkylation sites (N-methyl/N-ethyl adjacent to an activating group) is 1. The molecular formula is C21H34N2O3. The molecule has 5 nitrogen and oxygen atoms in total. The predicted molar refractivity (Wildman–Crippen MR) is 104 cm³/mol. The SMILES string of the molecule is CO[C@@H]1CC[C@@]2(OC)CCN(Cc3ccccc3OCCN(C)C)[C@H]2C1. The number of methoxy groups -OCH3 is 2. The van der Waals surface area contributed by atoms with Gasteiger partial charge >= 0.3 is 0 Å². The van der Waals surface area contributed by atoms with Crippen LogP contribution in [0.1, 0.15) is 31.2 Å². The van der Waals surface area contributed by atoms with E-state index >= 15 is 0 Å². The Labute approximate surface area is 158 Å². The summed E-state index contributed by atoms with van der Waals surface area (Å²) in [5, 5.41) is 0. The largest absolute Gasteiger partial charge is 0.492 e. The van der Waals surface area contributed by atoms with Crippen LogP contribution in [0.15, 0.2) is 24.3 Å². The van der Waals surface area contributed by atoms with Crippen molar-refractivity contribution in [2.45, 2.75) is 50.0 Å². The molecule has 0 radical (unpaired) electrons. The standard InChI is InChI=1S/C21H34N2O3/c1-22(2)13-14-26-19-8-6-5-7-17(19)16-23-12-11-21(25-4)10-9-18(24-3)15-20(21)23/h5-8,18,20H,9-16H2,1-4H3/t18-,20+,21-/m1/s1. The Bertz CT molecular complexity index is 580. The van der Waals surface area contributed by atoms with Gasteiger partial charge in [-0.15, -0.1) is 0 Å². The number of ether oxygens (including phenoxy) is 3. The zero-order valence-electron chi connectivity index (χ0n) is 16.7. The maximum Gasteiger partial charge on any atom is 0.123 e. The normalized spacial score (nSPS) is 29.1. The van der Waals surface area contributed by atoms with E-state index in [1.165, 1.54) is 5.56 Å². The summed E-state index contributed by atoms with van der Waals surface area (Å²) >= 11 is 0. The molecule has 1 aliphatic heterocycles. The van der Waals surface area contributed by atoms with Crippen molar-refractivity contribution in [1.82, 2.24) is 9.80 Å². The first-order valence-corrected chi connectivity index (χ1v) is 9.75. The molecule has 3 rings (SSSR count). The van der Waals surface area contributed by atoms with E-state index in [1.807, 2.05) is 14.2 Å². The van der Waals surface area contributed by atoms with Gasteiger partial charge in [0.15, 0.2) is 0 Å². The van der Waals surface area contributed by atoms with Crippen molar-refractivity contribution < 1.29 is 14.2 Å². The van der Waals surface area contributed by atoms with E-state index in [9.17, 15) is 0 Å². The van der Waals surface area contributed by atoms with E-state index in [4.69, 9.17) is 14.2 Å². The molecular weight excluding hydrogens is 328 g/mol. The Morgan fingerprint density at radius 3 is 2.73 bits per heavy atom. The highest BCUT2D eigenvalue weighted by molar-refractivity contribution is 5.33. The summed E-state index contributed by atoms with van der Waals surface area (Å²) in [6.45, 7) is 3.61. The zero-order valence-corrected chi connectivity index (χ0v) is 16.7. The number of likely N-dealkylation sites (tertiary alicyclic amines) is 1. The van der Waals surface area contributed by atoms with Crippen molar-refractivity contribution in [3.8, 4) is 5.75 Å². The number of para-hydroxylation sites is 1. The minimum absolute atomic E-state index is 0.00421. The van der Waals surface area contributed by atoms with Crippen LogP contribution in [0.3, 0.4) is 0 Å². The quantitative estimate of drug-likeness (QED) is 0.710. The molecule has 2 aliphatic rings. The topological polar surface area (TPSA) is 34.2 Å². The van der Waals surface area contributed by atoms with Gasteiger partial charge in [-0.1, -0.05) is 18.2 Å². The second-order valence-electron chi connectivity index (χ2n) is 7.90. The maximum atomic E-state index is 6.06. The van der Waals surface area contributed by atoms with Crippen molar-refractivity contribution in [1.29, 1.82) is 0 Å². The predicted octanol–water partition coefficient (Wildman–Crippen LogP) is 2.79. The number of rotatable bonds is 8.